The maximum Gasteiger partial charge on any atom is 0.266 e. The molecule has 7 nitrogen and oxygen atoms in total. The highest BCUT2D eigenvalue weighted by Crippen LogP contribution is 2.41. The standard InChI is InChI=1S/C27H30N2O5S/c1-6-34-20-9-7-19(8-10-20)26-28-17(2)25(35-26)27(30)29-13-11-18(12-14-29)24-22(32-4)15-21(31-3)16-23(24)33-5/h7-11,15-16H,6,12-14H2,1-5H3. The van der Waals surface area contributed by atoms with E-state index in [0.717, 1.165) is 33.2 Å². The second-order valence-electron chi connectivity index (χ2n) is 8.03. The van der Waals surface area contributed by atoms with Gasteiger partial charge in [0.15, 0.2) is 0 Å². The first-order valence-electron chi connectivity index (χ1n) is 11.5. The summed E-state index contributed by atoms with van der Waals surface area (Å²) in [5, 5.41) is 0.829. The highest BCUT2D eigenvalue weighted by molar-refractivity contribution is 7.17. The fourth-order valence-corrected chi connectivity index (χ4v) is 5.16. The van der Waals surface area contributed by atoms with Crippen LogP contribution in [0, 0.1) is 6.92 Å². The van der Waals surface area contributed by atoms with Crippen molar-refractivity contribution in [2.24, 2.45) is 0 Å². The molecule has 0 spiro atoms. The van der Waals surface area contributed by atoms with Gasteiger partial charge in [0.05, 0.1) is 39.2 Å². The number of aromatic nitrogens is 1. The molecule has 35 heavy (non-hydrogen) atoms. The summed E-state index contributed by atoms with van der Waals surface area (Å²) in [5.41, 5.74) is 3.70. The average Bonchev–Trinajstić information content (AvgIpc) is 3.29. The molecular weight excluding hydrogens is 464 g/mol. The molecule has 1 aliphatic heterocycles. The zero-order chi connectivity index (χ0) is 24.9. The fourth-order valence-electron chi connectivity index (χ4n) is 4.13. The van der Waals surface area contributed by atoms with Crippen LogP contribution in [-0.4, -0.2) is 56.8 Å². The van der Waals surface area contributed by atoms with Crippen LogP contribution in [0.2, 0.25) is 0 Å². The molecule has 2 heterocycles. The van der Waals surface area contributed by atoms with Gasteiger partial charge in [0.2, 0.25) is 0 Å². The van der Waals surface area contributed by atoms with Gasteiger partial charge in [0.1, 0.15) is 32.9 Å². The van der Waals surface area contributed by atoms with Crippen molar-refractivity contribution in [1.29, 1.82) is 0 Å². The molecule has 0 fully saturated rings. The van der Waals surface area contributed by atoms with Crippen molar-refractivity contribution in [3.63, 3.8) is 0 Å². The molecule has 1 aromatic heterocycles. The van der Waals surface area contributed by atoms with Crippen molar-refractivity contribution in [3.8, 4) is 33.6 Å². The summed E-state index contributed by atoms with van der Waals surface area (Å²) in [7, 11) is 4.87. The predicted molar refractivity (Wildman–Crippen MR) is 138 cm³/mol. The number of ether oxygens (including phenoxy) is 4. The lowest BCUT2D eigenvalue weighted by molar-refractivity contribution is 0.0776. The Morgan fingerprint density at radius 1 is 1.03 bits per heavy atom. The number of aryl methyl sites for hydroxylation is 1. The van der Waals surface area contributed by atoms with Gasteiger partial charge in [0, 0.05) is 30.8 Å². The predicted octanol–water partition coefficient (Wildman–Crippen LogP) is 5.47. The molecule has 0 atom stereocenters. The van der Waals surface area contributed by atoms with Gasteiger partial charge in [-0.15, -0.1) is 11.3 Å². The summed E-state index contributed by atoms with van der Waals surface area (Å²) < 4.78 is 22.1. The number of thiazole rings is 1. The van der Waals surface area contributed by atoms with E-state index in [9.17, 15) is 4.79 Å². The number of rotatable bonds is 8. The lowest BCUT2D eigenvalue weighted by Crippen LogP contribution is -2.34. The second-order valence-corrected chi connectivity index (χ2v) is 9.03. The van der Waals surface area contributed by atoms with E-state index in [1.54, 1.807) is 21.3 Å². The average molecular weight is 495 g/mol. The molecule has 1 amide bonds. The number of benzene rings is 2. The van der Waals surface area contributed by atoms with Crippen molar-refractivity contribution in [1.82, 2.24) is 9.88 Å². The molecule has 1 aliphatic rings. The van der Waals surface area contributed by atoms with Crippen LogP contribution < -0.4 is 18.9 Å². The zero-order valence-corrected chi connectivity index (χ0v) is 21.5. The highest BCUT2D eigenvalue weighted by atomic mass is 32.1. The van der Waals surface area contributed by atoms with Gasteiger partial charge in [-0.25, -0.2) is 4.98 Å². The van der Waals surface area contributed by atoms with Crippen molar-refractivity contribution in [3.05, 3.63) is 58.6 Å². The van der Waals surface area contributed by atoms with Crippen LogP contribution in [0.4, 0.5) is 0 Å². The summed E-state index contributed by atoms with van der Waals surface area (Å²) in [6.45, 7) is 5.57. The monoisotopic (exact) mass is 494 g/mol. The molecular formula is C27H30N2O5S. The van der Waals surface area contributed by atoms with Crippen molar-refractivity contribution in [2.45, 2.75) is 20.3 Å². The van der Waals surface area contributed by atoms with Crippen molar-refractivity contribution >= 4 is 22.8 Å². The van der Waals surface area contributed by atoms with E-state index in [-0.39, 0.29) is 5.91 Å². The van der Waals surface area contributed by atoms with Gasteiger partial charge in [-0.1, -0.05) is 6.08 Å². The van der Waals surface area contributed by atoms with Crippen molar-refractivity contribution < 1.29 is 23.7 Å². The third-order valence-electron chi connectivity index (χ3n) is 5.94. The number of carbonyl (C=O) groups excluding carboxylic acids is 1. The number of nitrogens with zero attached hydrogens (tertiary/aromatic N) is 2. The normalized spacial score (nSPS) is 13.3. The fraction of sp³-hybridized carbons (Fsp3) is 0.333. The number of carbonyl (C=O) groups is 1. The van der Waals surface area contributed by atoms with E-state index in [1.807, 2.05) is 55.1 Å². The van der Waals surface area contributed by atoms with Crippen molar-refractivity contribution in [2.75, 3.05) is 41.0 Å². The Kier molecular flexibility index (Phi) is 7.60. The van der Waals surface area contributed by atoms with Crippen LogP contribution in [0.25, 0.3) is 16.1 Å². The highest BCUT2D eigenvalue weighted by Gasteiger charge is 2.26. The third kappa shape index (κ3) is 5.12. The minimum atomic E-state index is 0.00106. The minimum Gasteiger partial charge on any atom is -0.496 e. The molecule has 2 aromatic carbocycles. The summed E-state index contributed by atoms with van der Waals surface area (Å²) in [5.74, 6) is 2.86. The van der Waals surface area contributed by atoms with E-state index in [2.05, 4.69) is 11.1 Å². The van der Waals surface area contributed by atoms with Crippen LogP contribution in [0.5, 0.6) is 23.0 Å². The van der Waals surface area contributed by atoms with Crippen LogP contribution >= 0.6 is 11.3 Å². The van der Waals surface area contributed by atoms with Crippen LogP contribution in [0.1, 0.15) is 34.3 Å². The molecule has 0 saturated carbocycles. The first kappa shape index (κ1) is 24.6. The lowest BCUT2D eigenvalue weighted by Gasteiger charge is -2.27. The van der Waals surface area contributed by atoms with E-state index in [0.29, 0.717) is 48.2 Å². The Labute approximate surface area is 209 Å². The topological polar surface area (TPSA) is 70.1 Å². The third-order valence-corrected chi connectivity index (χ3v) is 7.13. The number of amides is 1. The molecule has 0 bridgehead atoms. The van der Waals surface area contributed by atoms with E-state index >= 15 is 0 Å². The van der Waals surface area contributed by atoms with E-state index in [4.69, 9.17) is 18.9 Å². The van der Waals surface area contributed by atoms with Gasteiger partial charge < -0.3 is 23.8 Å². The SMILES string of the molecule is CCOc1ccc(-c2nc(C)c(C(=O)N3CC=C(c4c(OC)cc(OC)cc4OC)CC3)s2)cc1. The smallest absolute Gasteiger partial charge is 0.266 e. The van der Waals surface area contributed by atoms with Gasteiger partial charge >= 0.3 is 0 Å². The minimum absolute atomic E-state index is 0.00106. The summed E-state index contributed by atoms with van der Waals surface area (Å²) in [6.07, 6.45) is 2.76. The first-order valence-corrected chi connectivity index (χ1v) is 12.3. The van der Waals surface area contributed by atoms with Crippen LogP contribution in [-0.2, 0) is 0 Å². The first-order chi connectivity index (χ1) is 17.0. The Hall–Kier alpha value is -3.52. The molecule has 0 aliphatic carbocycles. The lowest BCUT2D eigenvalue weighted by atomic mass is 9.97. The molecule has 184 valence electrons. The molecule has 0 N–H and O–H groups in total. The quantitative estimate of drug-likeness (QED) is 0.413. The summed E-state index contributed by atoms with van der Waals surface area (Å²) in [4.78, 5) is 20.6. The summed E-state index contributed by atoms with van der Waals surface area (Å²) in [6, 6.07) is 11.5. The molecule has 4 rings (SSSR count). The van der Waals surface area contributed by atoms with E-state index < -0.39 is 0 Å². The Balaban J connectivity index is 1.53. The zero-order valence-electron chi connectivity index (χ0n) is 20.7. The second kappa shape index (κ2) is 10.8. The molecule has 0 unspecified atom stereocenters. The Bertz CT molecular complexity index is 1210. The molecule has 8 heteroatoms. The van der Waals surface area contributed by atoms with Gasteiger partial charge in [-0.2, -0.15) is 0 Å². The Morgan fingerprint density at radius 3 is 2.26 bits per heavy atom. The number of hydrogen-bond acceptors (Lipinski definition) is 7. The van der Waals surface area contributed by atoms with Gasteiger partial charge in [0.25, 0.3) is 5.91 Å². The maximum absolute atomic E-state index is 13.4. The molecule has 0 saturated heterocycles. The van der Waals surface area contributed by atoms with Crippen LogP contribution in [0.15, 0.2) is 42.5 Å². The number of methoxy groups -OCH3 is 3. The van der Waals surface area contributed by atoms with Crippen LogP contribution in [0.3, 0.4) is 0 Å². The molecule has 3 aromatic rings. The molecule has 0 radical (unpaired) electrons. The maximum atomic E-state index is 13.4. The van der Waals surface area contributed by atoms with Gasteiger partial charge in [-0.05, 0) is 50.1 Å². The largest absolute Gasteiger partial charge is 0.496 e. The summed E-state index contributed by atoms with van der Waals surface area (Å²) >= 11 is 1.43. The van der Waals surface area contributed by atoms with Gasteiger partial charge in [-0.3, -0.25) is 4.79 Å². The van der Waals surface area contributed by atoms with E-state index in [1.165, 1.54) is 11.3 Å². The number of hydrogen-bond donors (Lipinski definition) is 0. The Morgan fingerprint density at radius 2 is 1.71 bits per heavy atom.